The molecule has 0 saturated carbocycles. The Bertz CT molecular complexity index is 672. The minimum absolute atomic E-state index is 0.186. The van der Waals surface area contributed by atoms with Crippen molar-refractivity contribution in [2.24, 2.45) is 0 Å². The molecule has 0 aliphatic heterocycles. The van der Waals surface area contributed by atoms with Crippen molar-refractivity contribution in [3.8, 4) is 0 Å². The number of carbonyl (C=O) groups is 2. The molecular weight excluding hydrogens is 300 g/mol. The number of halogens is 1. The van der Waals surface area contributed by atoms with Gasteiger partial charge in [-0.3, -0.25) is 4.79 Å². The molecule has 0 atom stereocenters. The molecule has 5 heteroatoms. The molecule has 0 heterocycles. The van der Waals surface area contributed by atoms with Crippen LogP contribution in [0, 0.1) is 0 Å². The van der Waals surface area contributed by atoms with E-state index in [9.17, 15) is 9.59 Å². The van der Waals surface area contributed by atoms with E-state index in [4.69, 9.17) is 11.6 Å². The van der Waals surface area contributed by atoms with Crippen molar-refractivity contribution < 1.29 is 9.59 Å². The third kappa shape index (κ3) is 4.09. The lowest BCUT2D eigenvalue weighted by molar-refractivity contribution is 0.103. The fourth-order valence-corrected chi connectivity index (χ4v) is 2.14. The highest BCUT2D eigenvalue weighted by molar-refractivity contribution is 6.31. The van der Waals surface area contributed by atoms with Gasteiger partial charge in [-0.05, 0) is 24.6 Å². The molecule has 4 nitrogen and oxygen atoms in total. The van der Waals surface area contributed by atoms with Gasteiger partial charge >= 0.3 is 6.03 Å². The Hall–Kier alpha value is -2.33. The molecule has 22 heavy (non-hydrogen) atoms. The van der Waals surface area contributed by atoms with Gasteiger partial charge < -0.3 is 10.6 Å². The molecule has 0 saturated heterocycles. The highest BCUT2D eigenvalue weighted by atomic mass is 35.5. The third-order valence-corrected chi connectivity index (χ3v) is 3.28. The number of anilines is 1. The first-order valence-electron chi connectivity index (χ1n) is 7.06. The predicted molar refractivity (Wildman–Crippen MR) is 88.6 cm³/mol. The molecule has 2 rings (SSSR count). The summed E-state index contributed by atoms with van der Waals surface area (Å²) in [5.74, 6) is -0.186. The predicted octanol–water partition coefficient (Wildman–Crippen LogP) is 4.10. The summed E-state index contributed by atoms with van der Waals surface area (Å²) < 4.78 is 0. The minimum Gasteiger partial charge on any atom is -0.338 e. The number of ketones is 1. The summed E-state index contributed by atoms with van der Waals surface area (Å²) in [5.41, 5.74) is 1.35. The summed E-state index contributed by atoms with van der Waals surface area (Å²) in [7, 11) is 0. The van der Waals surface area contributed by atoms with Crippen LogP contribution in [0.5, 0.6) is 0 Å². The fourth-order valence-electron chi connectivity index (χ4n) is 1.96. The van der Waals surface area contributed by atoms with Crippen LogP contribution in [0.25, 0.3) is 0 Å². The summed E-state index contributed by atoms with van der Waals surface area (Å²) in [4.78, 5) is 24.4. The normalized spacial score (nSPS) is 10.1. The van der Waals surface area contributed by atoms with Crippen molar-refractivity contribution in [3.05, 3.63) is 64.7 Å². The van der Waals surface area contributed by atoms with Crippen molar-refractivity contribution in [3.63, 3.8) is 0 Å². The van der Waals surface area contributed by atoms with E-state index in [1.807, 2.05) is 13.0 Å². The smallest absolute Gasteiger partial charge is 0.319 e. The lowest BCUT2D eigenvalue weighted by Crippen LogP contribution is -2.29. The second-order valence-electron chi connectivity index (χ2n) is 4.77. The largest absolute Gasteiger partial charge is 0.338 e. The number of carbonyl (C=O) groups excluding carboxylic acids is 2. The van der Waals surface area contributed by atoms with E-state index in [1.165, 1.54) is 0 Å². The molecule has 114 valence electrons. The standard InChI is InChI=1S/C17H17ClN2O2/c1-2-10-19-17(22)20-15-9-8-13(18)11-14(15)16(21)12-6-4-3-5-7-12/h3-9,11H,2,10H2,1H3,(H2,19,20,22). The van der Waals surface area contributed by atoms with Crippen LogP contribution in [-0.2, 0) is 0 Å². The van der Waals surface area contributed by atoms with Crippen molar-refractivity contribution in [1.82, 2.24) is 5.32 Å². The Kier molecular flexibility index (Phi) is 5.55. The van der Waals surface area contributed by atoms with Gasteiger partial charge in [0.15, 0.2) is 5.78 Å². The van der Waals surface area contributed by atoms with E-state index < -0.39 is 0 Å². The highest BCUT2D eigenvalue weighted by Crippen LogP contribution is 2.23. The summed E-state index contributed by atoms with van der Waals surface area (Å²) in [6, 6.07) is 13.4. The van der Waals surface area contributed by atoms with E-state index in [2.05, 4.69) is 10.6 Å². The van der Waals surface area contributed by atoms with Gasteiger partial charge in [-0.2, -0.15) is 0 Å². The fraction of sp³-hybridized carbons (Fsp3) is 0.176. The monoisotopic (exact) mass is 316 g/mol. The summed E-state index contributed by atoms with van der Waals surface area (Å²) in [6.07, 6.45) is 0.837. The quantitative estimate of drug-likeness (QED) is 0.816. The Balaban J connectivity index is 2.28. The molecule has 2 amide bonds. The first-order valence-corrected chi connectivity index (χ1v) is 7.43. The maximum Gasteiger partial charge on any atom is 0.319 e. The van der Waals surface area contributed by atoms with Gasteiger partial charge in [0.25, 0.3) is 0 Å². The number of urea groups is 1. The number of rotatable bonds is 5. The van der Waals surface area contributed by atoms with Gasteiger partial charge in [-0.1, -0.05) is 48.9 Å². The molecule has 0 aliphatic rings. The van der Waals surface area contributed by atoms with Gasteiger partial charge in [-0.15, -0.1) is 0 Å². The summed E-state index contributed by atoms with van der Waals surface area (Å²) >= 11 is 5.99. The van der Waals surface area contributed by atoms with E-state index in [0.717, 1.165) is 6.42 Å². The van der Waals surface area contributed by atoms with Crippen LogP contribution >= 0.6 is 11.6 Å². The third-order valence-electron chi connectivity index (χ3n) is 3.05. The first-order chi connectivity index (χ1) is 10.6. The Morgan fingerprint density at radius 1 is 1.09 bits per heavy atom. The molecule has 0 unspecified atom stereocenters. The lowest BCUT2D eigenvalue weighted by atomic mass is 10.0. The number of benzene rings is 2. The lowest BCUT2D eigenvalue weighted by Gasteiger charge is -2.11. The average molecular weight is 317 g/mol. The number of nitrogens with one attached hydrogen (secondary N) is 2. The van der Waals surface area contributed by atoms with Gasteiger partial charge in [-0.25, -0.2) is 4.79 Å². The topological polar surface area (TPSA) is 58.2 Å². The summed E-state index contributed by atoms with van der Waals surface area (Å²) in [6.45, 7) is 2.54. The van der Waals surface area contributed by atoms with Crippen molar-refractivity contribution in [2.45, 2.75) is 13.3 Å². The summed E-state index contributed by atoms with van der Waals surface area (Å²) in [5, 5.41) is 5.84. The van der Waals surface area contributed by atoms with Crippen LogP contribution in [-0.4, -0.2) is 18.4 Å². The number of amides is 2. The van der Waals surface area contributed by atoms with Gasteiger partial charge in [0, 0.05) is 22.7 Å². The van der Waals surface area contributed by atoms with E-state index in [1.54, 1.807) is 42.5 Å². The Morgan fingerprint density at radius 2 is 1.82 bits per heavy atom. The SMILES string of the molecule is CCCNC(=O)Nc1ccc(Cl)cc1C(=O)c1ccccc1. The molecule has 0 bridgehead atoms. The molecule has 0 radical (unpaired) electrons. The molecule has 2 N–H and O–H groups in total. The minimum atomic E-state index is -0.341. The van der Waals surface area contributed by atoms with Crippen LogP contribution in [0.3, 0.4) is 0 Å². The Labute approximate surface area is 134 Å². The van der Waals surface area contributed by atoms with Crippen LogP contribution < -0.4 is 10.6 Å². The Morgan fingerprint density at radius 3 is 2.50 bits per heavy atom. The zero-order chi connectivity index (χ0) is 15.9. The average Bonchev–Trinajstić information content (AvgIpc) is 2.54. The van der Waals surface area contributed by atoms with Gasteiger partial charge in [0.2, 0.25) is 0 Å². The second-order valence-corrected chi connectivity index (χ2v) is 5.20. The van der Waals surface area contributed by atoms with Crippen LogP contribution in [0.4, 0.5) is 10.5 Å². The van der Waals surface area contributed by atoms with Crippen LogP contribution in [0.2, 0.25) is 5.02 Å². The van der Waals surface area contributed by atoms with E-state index >= 15 is 0 Å². The first kappa shape index (κ1) is 16.0. The molecule has 0 aliphatic carbocycles. The van der Waals surface area contributed by atoms with E-state index in [0.29, 0.717) is 28.4 Å². The molecular formula is C17H17ClN2O2. The van der Waals surface area contributed by atoms with Crippen molar-refractivity contribution >= 4 is 29.1 Å². The highest BCUT2D eigenvalue weighted by Gasteiger charge is 2.15. The van der Waals surface area contributed by atoms with Gasteiger partial charge in [0.1, 0.15) is 0 Å². The van der Waals surface area contributed by atoms with Crippen molar-refractivity contribution in [1.29, 1.82) is 0 Å². The van der Waals surface area contributed by atoms with E-state index in [-0.39, 0.29) is 11.8 Å². The molecule has 0 spiro atoms. The zero-order valence-corrected chi connectivity index (χ0v) is 13.0. The second kappa shape index (κ2) is 7.61. The van der Waals surface area contributed by atoms with Gasteiger partial charge in [0.05, 0.1) is 5.69 Å². The number of hydrogen-bond acceptors (Lipinski definition) is 2. The van der Waals surface area contributed by atoms with Crippen molar-refractivity contribution in [2.75, 3.05) is 11.9 Å². The maximum atomic E-state index is 12.6. The van der Waals surface area contributed by atoms with Crippen LogP contribution in [0.1, 0.15) is 29.3 Å². The molecule has 2 aromatic carbocycles. The zero-order valence-electron chi connectivity index (χ0n) is 12.2. The maximum absolute atomic E-state index is 12.6. The molecule has 0 fully saturated rings. The molecule has 0 aromatic heterocycles. The van der Waals surface area contributed by atoms with Crippen LogP contribution in [0.15, 0.2) is 48.5 Å². The number of hydrogen-bond donors (Lipinski definition) is 2. The molecule has 2 aromatic rings.